The van der Waals surface area contributed by atoms with Gasteiger partial charge in [0.15, 0.2) is 0 Å². The maximum absolute atomic E-state index is 12.1. The number of hydrogen-bond acceptors (Lipinski definition) is 3. The zero-order chi connectivity index (χ0) is 11.4. The molecule has 0 radical (unpaired) electrons. The molecule has 0 aliphatic carbocycles. The Morgan fingerprint density at radius 3 is 2.81 bits per heavy atom. The quantitative estimate of drug-likeness (QED) is 0.705. The van der Waals surface area contributed by atoms with Crippen molar-refractivity contribution < 1.29 is 4.79 Å². The highest BCUT2D eigenvalue weighted by Gasteiger charge is 2.25. The Balaban J connectivity index is 1.88. The van der Waals surface area contributed by atoms with Crippen LogP contribution in [0.25, 0.3) is 0 Å². The van der Waals surface area contributed by atoms with Crippen LogP contribution in [0.15, 0.2) is 0 Å². The Hall–Kier alpha value is -0.610. The summed E-state index contributed by atoms with van der Waals surface area (Å²) in [5.41, 5.74) is 0. The lowest BCUT2D eigenvalue weighted by Gasteiger charge is -2.30. The normalized spacial score (nSPS) is 29.2. The van der Waals surface area contributed by atoms with Crippen LogP contribution < -0.4 is 10.6 Å². The van der Waals surface area contributed by atoms with Crippen LogP contribution in [0.4, 0.5) is 0 Å². The highest BCUT2D eigenvalue weighted by atomic mass is 16.2. The second-order valence-corrected chi connectivity index (χ2v) is 5.01. The van der Waals surface area contributed by atoms with E-state index in [1.807, 2.05) is 6.92 Å². The monoisotopic (exact) mass is 225 g/mol. The van der Waals surface area contributed by atoms with Crippen molar-refractivity contribution in [2.24, 2.45) is 5.92 Å². The van der Waals surface area contributed by atoms with Crippen molar-refractivity contribution in [3.8, 4) is 0 Å². The lowest BCUT2D eigenvalue weighted by atomic mass is 9.97. The molecule has 2 rings (SSSR count). The minimum atomic E-state index is 0.00390. The van der Waals surface area contributed by atoms with E-state index in [0.717, 1.165) is 39.1 Å². The zero-order valence-corrected chi connectivity index (χ0v) is 10.2. The van der Waals surface area contributed by atoms with Gasteiger partial charge in [-0.2, -0.15) is 0 Å². The fourth-order valence-electron chi connectivity index (χ4n) is 2.62. The van der Waals surface area contributed by atoms with Crippen molar-refractivity contribution >= 4 is 5.91 Å². The Bertz CT molecular complexity index is 238. The van der Waals surface area contributed by atoms with E-state index >= 15 is 0 Å². The van der Waals surface area contributed by atoms with Crippen molar-refractivity contribution in [3.63, 3.8) is 0 Å². The van der Waals surface area contributed by atoms with Gasteiger partial charge in [0.05, 0.1) is 6.04 Å². The maximum atomic E-state index is 12.1. The molecule has 1 atom stereocenters. The summed E-state index contributed by atoms with van der Waals surface area (Å²) < 4.78 is 0. The second-order valence-electron chi connectivity index (χ2n) is 5.01. The maximum Gasteiger partial charge on any atom is 0.239 e. The zero-order valence-electron chi connectivity index (χ0n) is 10.2. The van der Waals surface area contributed by atoms with E-state index in [9.17, 15) is 4.79 Å². The molecule has 0 saturated carbocycles. The number of piperidine rings is 1. The summed E-state index contributed by atoms with van der Waals surface area (Å²) in [5, 5.41) is 6.63. The largest absolute Gasteiger partial charge is 0.341 e. The molecule has 0 aromatic heterocycles. The van der Waals surface area contributed by atoms with Gasteiger partial charge in [-0.25, -0.2) is 0 Å². The van der Waals surface area contributed by atoms with E-state index in [0.29, 0.717) is 5.92 Å². The highest BCUT2D eigenvalue weighted by Crippen LogP contribution is 2.15. The van der Waals surface area contributed by atoms with Gasteiger partial charge in [-0.15, -0.1) is 0 Å². The molecule has 0 spiro atoms. The Morgan fingerprint density at radius 1 is 1.31 bits per heavy atom. The van der Waals surface area contributed by atoms with Crippen molar-refractivity contribution in [2.45, 2.75) is 32.2 Å². The lowest BCUT2D eigenvalue weighted by Crippen LogP contribution is -2.45. The summed E-state index contributed by atoms with van der Waals surface area (Å²) in [5.74, 6) is 0.992. The number of carbonyl (C=O) groups excluding carboxylic acids is 1. The Labute approximate surface area is 97.8 Å². The van der Waals surface area contributed by atoms with Gasteiger partial charge in [0.25, 0.3) is 0 Å². The Morgan fingerprint density at radius 2 is 2.06 bits per heavy atom. The standard InChI is InChI=1S/C12H23N3O/c1-10-12(16)15(8-2-5-14-10)9-11-3-6-13-7-4-11/h10-11,13-14H,2-9H2,1H3. The number of carbonyl (C=O) groups is 1. The lowest BCUT2D eigenvalue weighted by molar-refractivity contribution is -0.133. The number of amides is 1. The first-order valence-electron chi connectivity index (χ1n) is 6.50. The second kappa shape index (κ2) is 5.64. The molecule has 0 aromatic rings. The smallest absolute Gasteiger partial charge is 0.239 e. The first-order valence-corrected chi connectivity index (χ1v) is 6.50. The van der Waals surface area contributed by atoms with E-state index in [-0.39, 0.29) is 11.9 Å². The summed E-state index contributed by atoms with van der Waals surface area (Å²) in [7, 11) is 0. The summed E-state index contributed by atoms with van der Waals surface area (Å²) in [6, 6.07) is 0.00390. The van der Waals surface area contributed by atoms with Gasteiger partial charge in [-0.05, 0) is 51.7 Å². The van der Waals surface area contributed by atoms with Crippen LogP contribution in [0.2, 0.25) is 0 Å². The predicted octanol–water partition coefficient (Wildman–Crippen LogP) is 0.196. The van der Waals surface area contributed by atoms with Crippen LogP contribution >= 0.6 is 0 Å². The molecule has 2 fully saturated rings. The van der Waals surface area contributed by atoms with Crippen molar-refractivity contribution in [1.29, 1.82) is 0 Å². The van der Waals surface area contributed by atoms with Crippen LogP contribution in [0.3, 0.4) is 0 Å². The molecule has 1 amide bonds. The van der Waals surface area contributed by atoms with Gasteiger partial charge < -0.3 is 15.5 Å². The van der Waals surface area contributed by atoms with Crippen LogP contribution in [0, 0.1) is 5.92 Å². The molecule has 2 saturated heterocycles. The molecule has 2 aliphatic rings. The molecular weight excluding hydrogens is 202 g/mol. The van der Waals surface area contributed by atoms with E-state index in [1.165, 1.54) is 12.8 Å². The van der Waals surface area contributed by atoms with Crippen molar-refractivity contribution in [1.82, 2.24) is 15.5 Å². The summed E-state index contributed by atoms with van der Waals surface area (Å²) >= 11 is 0. The van der Waals surface area contributed by atoms with Crippen LogP contribution in [0.5, 0.6) is 0 Å². The molecule has 2 heterocycles. The molecule has 16 heavy (non-hydrogen) atoms. The highest BCUT2D eigenvalue weighted by molar-refractivity contribution is 5.81. The molecule has 92 valence electrons. The number of nitrogens with one attached hydrogen (secondary N) is 2. The fourth-order valence-corrected chi connectivity index (χ4v) is 2.62. The van der Waals surface area contributed by atoms with E-state index in [2.05, 4.69) is 15.5 Å². The van der Waals surface area contributed by atoms with Crippen molar-refractivity contribution in [3.05, 3.63) is 0 Å². The van der Waals surface area contributed by atoms with Crippen LogP contribution in [-0.4, -0.2) is 49.6 Å². The minimum Gasteiger partial charge on any atom is -0.341 e. The fraction of sp³-hybridized carbons (Fsp3) is 0.917. The SMILES string of the molecule is CC1NCCCN(CC2CCNCC2)C1=O. The Kier molecular flexibility index (Phi) is 4.18. The van der Waals surface area contributed by atoms with Gasteiger partial charge >= 0.3 is 0 Å². The minimum absolute atomic E-state index is 0.00390. The first-order chi connectivity index (χ1) is 7.77. The van der Waals surface area contributed by atoms with Gasteiger partial charge in [-0.3, -0.25) is 4.79 Å². The average molecular weight is 225 g/mol. The summed E-state index contributed by atoms with van der Waals surface area (Å²) in [6.45, 7) is 7.06. The molecule has 2 N–H and O–H groups in total. The third kappa shape index (κ3) is 2.95. The number of rotatable bonds is 2. The van der Waals surface area contributed by atoms with E-state index < -0.39 is 0 Å². The number of nitrogens with zero attached hydrogens (tertiary/aromatic N) is 1. The van der Waals surface area contributed by atoms with Gasteiger partial charge in [0, 0.05) is 13.1 Å². The first kappa shape index (κ1) is 11.9. The predicted molar refractivity (Wildman–Crippen MR) is 64.3 cm³/mol. The third-order valence-corrected chi connectivity index (χ3v) is 3.67. The topological polar surface area (TPSA) is 44.4 Å². The van der Waals surface area contributed by atoms with Gasteiger partial charge in [0.1, 0.15) is 0 Å². The molecule has 4 heteroatoms. The molecule has 0 bridgehead atoms. The summed E-state index contributed by atoms with van der Waals surface area (Å²) in [4.78, 5) is 14.1. The summed E-state index contributed by atoms with van der Waals surface area (Å²) in [6.07, 6.45) is 3.51. The molecule has 4 nitrogen and oxygen atoms in total. The van der Waals surface area contributed by atoms with Gasteiger partial charge in [-0.1, -0.05) is 0 Å². The van der Waals surface area contributed by atoms with Crippen LogP contribution in [-0.2, 0) is 4.79 Å². The van der Waals surface area contributed by atoms with Gasteiger partial charge in [0.2, 0.25) is 5.91 Å². The molecule has 1 unspecified atom stereocenters. The van der Waals surface area contributed by atoms with E-state index in [1.54, 1.807) is 0 Å². The molecular formula is C12H23N3O. The van der Waals surface area contributed by atoms with Crippen molar-refractivity contribution in [2.75, 3.05) is 32.7 Å². The number of hydrogen-bond donors (Lipinski definition) is 2. The molecule has 2 aliphatic heterocycles. The third-order valence-electron chi connectivity index (χ3n) is 3.67. The average Bonchev–Trinajstić information content (AvgIpc) is 2.46. The van der Waals surface area contributed by atoms with Crippen LogP contribution in [0.1, 0.15) is 26.2 Å². The molecule has 0 aromatic carbocycles. The van der Waals surface area contributed by atoms with E-state index in [4.69, 9.17) is 0 Å².